The van der Waals surface area contributed by atoms with Crippen molar-refractivity contribution in [2.45, 2.75) is 32.7 Å². The van der Waals surface area contributed by atoms with Crippen molar-refractivity contribution >= 4 is 12.4 Å². The summed E-state index contributed by atoms with van der Waals surface area (Å²) in [5.41, 5.74) is 7.53. The van der Waals surface area contributed by atoms with Crippen LogP contribution in [0.25, 0.3) is 0 Å². The molecule has 0 fully saturated rings. The van der Waals surface area contributed by atoms with Gasteiger partial charge in [0.25, 0.3) is 0 Å². The second kappa shape index (κ2) is 5.99. The first-order chi connectivity index (χ1) is 6.15. The molecule has 3 heteroatoms. The van der Waals surface area contributed by atoms with Crippen molar-refractivity contribution in [3.05, 3.63) is 35.1 Å². The van der Waals surface area contributed by atoms with Crippen molar-refractivity contribution in [3.8, 4) is 0 Å². The molecule has 1 atom stereocenters. The van der Waals surface area contributed by atoms with Gasteiger partial charge in [0.1, 0.15) is 5.82 Å². The van der Waals surface area contributed by atoms with Crippen LogP contribution >= 0.6 is 12.4 Å². The Morgan fingerprint density at radius 1 is 1.43 bits per heavy atom. The lowest BCUT2D eigenvalue weighted by molar-refractivity contribution is 0.559. The summed E-state index contributed by atoms with van der Waals surface area (Å²) in [6.07, 6.45) is 1.81. The predicted octanol–water partition coefficient (Wildman–Crippen LogP) is 3.36. The maximum Gasteiger partial charge on any atom is 0.127 e. The number of halogens is 2. The minimum absolute atomic E-state index is 0. The zero-order valence-electron chi connectivity index (χ0n) is 8.59. The van der Waals surface area contributed by atoms with Gasteiger partial charge in [-0.15, -0.1) is 12.4 Å². The van der Waals surface area contributed by atoms with Crippen LogP contribution in [0.1, 0.15) is 36.9 Å². The van der Waals surface area contributed by atoms with Gasteiger partial charge in [-0.3, -0.25) is 0 Å². The van der Waals surface area contributed by atoms with E-state index in [-0.39, 0.29) is 24.3 Å². The lowest BCUT2D eigenvalue weighted by Crippen LogP contribution is -2.11. The lowest BCUT2D eigenvalue weighted by atomic mass is 10.0. The first-order valence-corrected chi connectivity index (χ1v) is 4.66. The molecular weight excluding hydrogens is 201 g/mol. The molecule has 2 N–H and O–H groups in total. The lowest BCUT2D eigenvalue weighted by Gasteiger charge is -2.12. The number of rotatable bonds is 3. The zero-order chi connectivity index (χ0) is 9.84. The third-order valence-corrected chi connectivity index (χ3v) is 2.15. The largest absolute Gasteiger partial charge is 0.324 e. The molecule has 0 saturated carbocycles. The molecule has 0 unspecified atom stereocenters. The highest BCUT2D eigenvalue weighted by Crippen LogP contribution is 2.20. The number of hydrogen-bond donors (Lipinski definition) is 1. The fourth-order valence-corrected chi connectivity index (χ4v) is 1.41. The molecule has 1 aromatic carbocycles. The maximum absolute atomic E-state index is 13.3. The molecule has 80 valence electrons. The van der Waals surface area contributed by atoms with Gasteiger partial charge in [-0.1, -0.05) is 31.0 Å². The van der Waals surface area contributed by atoms with E-state index >= 15 is 0 Å². The summed E-state index contributed by atoms with van der Waals surface area (Å²) in [7, 11) is 0. The van der Waals surface area contributed by atoms with Crippen molar-refractivity contribution in [2.75, 3.05) is 0 Å². The van der Waals surface area contributed by atoms with Crippen LogP contribution in [0.2, 0.25) is 0 Å². The van der Waals surface area contributed by atoms with Gasteiger partial charge in [-0.2, -0.15) is 0 Å². The summed E-state index contributed by atoms with van der Waals surface area (Å²) >= 11 is 0. The van der Waals surface area contributed by atoms with E-state index in [1.807, 2.05) is 19.9 Å². The van der Waals surface area contributed by atoms with Crippen LogP contribution in [-0.4, -0.2) is 0 Å². The van der Waals surface area contributed by atoms with E-state index in [0.717, 1.165) is 18.4 Å². The molecular formula is C11H17ClFN. The van der Waals surface area contributed by atoms with Gasteiger partial charge >= 0.3 is 0 Å². The van der Waals surface area contributed by atoms with E-state index in [1.165, 1.54) is 6.07 Å². The Balaban J connectivity index is 0.00000169. The van der Waals surface area contributed by atoms with Crippen LogP contribution in [0, 0.1) is 12.7 Å². The molecule has 0 amide bonds. The molecule has 14 heavy (non-hydrogen) atoms. The molecule has 0 radical (unpaired) electrons. The topological polar surface area (TPSA) is 26.0 Å². The molecule has 0 bridgehead atoms. The first-order valence-electron chi connectivity index (χ1n) is 4.66. The minimum atomic E-state index is -0.188. The number of aryl methyl sites for hydroxylation is 1. The molecule has 0 aliphatic heterocycles. The summed E-state index contributed by atoms with van der Waals surface area (Å²) in [6.45, 7) is 4.00. The standard InChI is InChI=1S/C11H16FN.ClH/c1-3-4-11(13)9-7-8(2)5-6-10(9)12;/h5-7,11H,3-4,13H2,1-2H3;1H/t11-;/m0./s1. The fraction of sp³-hybridized carbons (Fsp3) is 0.455. The van der Waals surface area contributed by atoms with Gasteiger partial charge < -0.3 is 5.73 Å². The highest BCUT2D eigenvalue weighted by Gasteiger charge is 2.09. The molecule has 0 heterocycles. The Hall–Kier alpha value is -0.600. The monoisotopic (exact) mass is 217 g/mol. The van der Waals surface area contributed by atoms with Gasteiger partial charge in [0.15, 0.2) is 0 Å². The molecule has 1 rings (SSSR count). The normalized spacial score (nSPS) is 12.0. The molecule has 1 aromatic rings. The second-order valence-corrected chi connectivity index (χ2v) is 3.42. The molecule has 0 aromatic heterocycles. The smallest absolute Gasteiger partial charge is 0.127 e. The minimum Gasteiger partial charge on any atom is -0.324 e. The predicted molar refractivity (Wildman–Crippen MR) is 60.2 cm³/mol. The summed E-state index contributed by atoms with van der Waals surface area (Å²) in [5.74, 6) is -0.188. The number of hydrogen-bond acceptors (Lipinski definition) is 1. The molecule has 1 nitrogen and oxygen atoms in total. The average molecular weight is 218 g/mol. The Morgan fingerprint density at radius 2 is 2.07 bits per heavy atom. The Labute approximate surface area is 90.9 Å². The van der Waals surface area contributed by atoms with Gasteiger partial charge in [0.2, 0.25) is 0 Å². The summed E-state index contributed by atoms with van der Waals surface area (Å²) in [6, 6.07) is 4.91. The van der Waals surface area contributed by atoms with Crippen molar-refractivity contribution in [2.24, 2.45) is 5.73 Å². The zero-order valence-corrected chi connectivity index (χ0v) is 9.40. The van der Waals surface area contributed by atoms with Crippen LogP contribution < -0.4 is 5.73 Å². The van der Waals surface area contributed by atoms with Gasteiger partial charge in [0.05, 0.1) is 0 Å². The highest BCUT2D eigenvalue weighted by molar-refractivity contribution is 5.85. The number of benzene rings is 1. The van der Waals surface area contributed by atoms with Crippen molar-refractivity contribution in [3.63, 3.8) is 0 Å². The number of nitrogens with two attached hydrogens (primary N) is 1. The maximum atomic E-state index is 13.3. The first kappa shape index (κ1) is 13.4. The molecule has 0 aliphatic rings. The Kier molecular flexibility index (Phi) is 5.73. The van der Waals surface area contributed by atoms with E-state index in [1.54, 1.807) is 6.07 Å². The highest BCUT2D eigenvalue weighted by atomic mass is 35.5. The SMILES string of the molecule is CCC[C@H](N)c1cc(C)ccc1F.Cl. The van der Waals surface area contributed by atoms with E-state index in [9.17, 15) is 4.39 Å². The molecule has 0 saturated heterocycles. The van der Waals surface area contributed by atoms with Crippen LogP contribution in [-0.2, 0) is 0 Å². The van der Waals surface area contributed by atoms with Crippen LogP contribution in [0.5, 0.6) is 0 Å². The fourth-order valence-electron chi connectivity index (χ4n) is 1.41. The third-order valence-electron chi connectivity index (χ3n) is 2.15. The second-order valence-electron chi connectivity index (χ2n) is 3.42. The Bertz CT molecular complexity index is 289. The van der Waals surface area contributed by atoms with E-state index in [0.29, 0.717) is 5.56 Å². The van der Waals surface area contributed by atoms with Crippen LogP contribution in [0.15, 0.2) is 18.2 Å². The molecule has 0 spiro atoms. The summed E-state index contributed by atoms with van der Waals surface area (Å²) in [5, 5.41) is 0. The van der Waals surface area contributed by atoms with Crippen molar-refractivity contribution in [1.82, 2.24) is 0 Å². The van der Waals surface area contributed by atoms with Crippen molar-refractivity contribution in [1.29, 1.82) is 0 Å². The summed E-state index contributed by atoms with van der Waals surface area (Å²) < 4.78 is 13.3. The quantitative estimate of drug-likeness (QED) is 0.826. The summed E-state index contributed by atoms with van der Waals surface area (Å²) in [4.78, 5) is 0. The van der Waals surface area contributed by atoms with Crippen LogP contribution in [0.4, 0.5) is 4.39 Å². The molecule has 0 aliphatic carbocycles. The Morgan fingerprint density at radius 3 is 2.64 bits per heavy atom. The third kappa shape index (κ3) is 3.28. The average Bonchev–Trinajstić information content (AvgIpc) is 2.09. The van der Waals surface area contributed by atoms with E-state index in [2.05, 4.69) is 0 Å². The van der Waals surface area contributed by atoms with Gasteiger partial charge in [-0.05, 0) is 19.4 Å². The van der Waals surface area contributed by atoms with Gasteiger partial charge in [0, 0.05) is 11.6 Å². The van der Waals surface area contributed by atoms with E-state index in [4.69, 9.17) is 5.73 Å². The van der Waals surface area contributed by atoms with Crippen LogP contribution in [0.3, 0.4) is 0 Å². The van der Waals surface area contributed by atoms with E-state index < -0.39 is 0 Å². The van der Waals surface area contributed by atoms with Crippen molar-refractivity contribution < 1.29 is 4.39 Å². The van der Waals surface area contributed by atoms with Gasteiger partial charge in [-0.25, -0.2) is 4.39 Å².